The maximum atomic E-state index is 12.6. The monoisotopic (exact) mass is 428 g/mol. The van der Waals surface area contributed by atoms with Gasteiger partial charge in [0, 0.05) is 24.7 Å². The summed E-state index contributed by atoms with van der Waals surface area (Å²) in [6, 6.07) is 9.26. The first-order valence-electron chi connectivity index (χ1n) is 8.73. The first-order chi connectivity index (χ1) is 13.8. The fourth-order valence-electron chi connectivity index (χ4n) is 2.99. The second-order valence-electron chi connectivity index (χ2n) is 6.27. The molecule has 0 amide bonds. The van der Waals surface area contributed by atoms with Crippen LogP contribution in [0.4, 0.5) is 14.5 Å². The molecular weight excluding hydrogens is 410 g/mol. The van der Waals surface area contributed by atoms with Crippen molar-refractivity contribution >= 4 is 15.7 Å². The largest absolute Gasteiger partial charge is 0.482 e. The zero-order chi connectivity index (χ0) is 21.0. The Bertz CT molecular complexity index is 994. The summed E-state index contributed by atoms with van der Waals surface area (Å²) < 4.78 is 61.4. The molecule has 1 heterocycles. The Hall–Kier alpha value is -2.79. The van der Waals surface area contributed by atoms with Crippen molar-refractivity contribution in [1.29, 1.82) is 0 Å². The van der Waals surface area contributed by atoms with Gasteiger partial charge in [-0.05, 0) is 31.0 Å². The maximum absolute atomic E-state index is 12.6. The number of halogens is 2. The second kappa shape index (κ2) is 8.70. The fraction of sp³-hybridized carbons (Fsp3) is 0.333. The molecule has 8 nitrogen and oxygen atoms in total. The molecule has 2 aromatic carbocycles. The number of para-hydroxylation sites is 1. The van der Waals surface area contributed by atoms with Gasteiger partial charge in [0.05, 0.1) is 9.82 Å². The highest BCUT2D eigenvalue weighted by Crippen LogP contribution is 2.33. The standard InChI is InChI=1S/C18H18F2N2O6S/c19-18(20)28-16-6-2-1-5-13(16)12-27-17-8-7-14(11-15(17)22(23)24)29(25,26)21-9-3-4-10-21/h1-2,5-8,11,18H,3-4,9-10,12H2. The zero-order valence-corrected chi connectivity index (χ0v) is 16.0. The smallest absolute Gasteiger partial charge is 0.387 e. The van der Waals surface area contributed by atoms with Gasteiger partial charge in [-0.1, -0.05) is 18.2 Å². The molecule has 0 N–H and O–H groups in total. The van der Waals surface area contributed by atoms with E-state index in [0.717, 1.165) is 18.9 Å². The molecule has 1 aliphatic heterocycles. The van der Waals surface area contributed by atoms with Crippen molar-refractivity contribution in [2.24, 2.45) is 0 Å². The molecule has 0 spiro atoms. The molecule has 156 valence electrons. The molecule has 1 aliphatic rings. The lowest BCUT2D eigenvalue weighted by Crippen LogP contribution is -2.27. The summed E-state index contributed by atoms with van der Waals surface area (Å²) in [5.74, 6) is -0.291. The van der Waals surface area contributed by atoms with Gasteiger partial charge < -0.3 is 9.47 Å². The number of ether oxygens (including phenoxy) is 2. The van der Waals surface area contributed by atoms with Gasteiger partial charge in [0.2, 0.25) is 10.0 Å². The summed E-state index contributed by atoms with van der Waals surface area (Å²) >= 11 is 0. The van der Waals surface area contributed by atoms with E-state index in [-0.39, 0.29) is 28.6 Å². The number of hydrogen-bond acceptors (Lipinski definition) is 6. The molecular formula is C18H18F2N2O6S. The summed E-state index contributed by atoms with van der Waals surface area (Å²) in [7, 11) is -3.83. The maximum Gasteiger partial charge on any atom is 0.387 e. The van der Waals surface area contributed by atoms with Crippen LogP contribution in [0.3, 0.4) is 0 Å². The van der Waals surface area contributed by atoms with Crippen molar-refractivity contribution in [3.05, 3.63) is 58.1 Å². The third-order valence-electron chi connectivity index (χ3n) is 4.40. The normalized spacial score (nSPS) is 14.9. The van der Waals surface area contributed by atoms with Crippen LogP contribution >= 0.6 is 0 Å². The number of sulfonamides is 1. The van der Waals surface area contributed by atoms with Gasteiger partial charge in [0.1, 0.15) is 12.4 Å². The van der Waals surface area contributed by atoms with E-state index in [2.05, 4.69) is 4.74 Å². The van der Waals surface area contributed by atoms with Crippen molar-refractivity contribution in [3.8, 4) is 11.5 Å². The molecule has 0 unspecified atom stereocenters. The molecule has 3 rings (SSSR count). The molecule has 0 saturated carbocycles. The predicted molar refractivity (Wildman–Crippen MR) is 98.5 cm³/mol. The van der Waals surface area contributed by atoms with Crippen molar-refractivity contribution in [2.75, 3.05) is 13.1 Å². The molecule has 0 aliphatic carbocycles. The van der Waals surface area contributed by atoms with Gasteiger partial charge in [0.25, 0.3) is 0 Å². The van der Waals surface area contributed by atoms with Crippen molar-refractivity contribution in [2.45, 2.75) is 31.0 Å². The van der Waals surface area contributed by atoms with Gasteiger partial charge in [-0.15, -0.1) is 0 Å². The minimum Gasteiger partial charge on any atom is -0.482 e. The van der Waals surface area contributed by atoms with E-state index in [9.17, 15) is 27.3 Å². The molecule has 0 aromatic heterocycles. The number of nitro groups is 1. The lowest BCUT2D eigenvalue weighted by atomic mass is 10.2. The topological polar surface area (TPSA) is 99.0 Å². The van der Waals surface area contributed by atoms with E-state index in [0.29, 0.717) is 13.1 Å². The number of benzene rings is 2. The molecule has 0 atom stereocenters. The molecule has 0 bridgehead atoms. The van der Waals surface area contributed by atoms with Crippen LogP contribution in [0, 0.1) is 10.1 Å². The van der Waals surface area contributed by atoms with Crippen LogP contribution in [-0.4, -0.2) is 37.3 Å². The highest BCUT2D eigenvalue weighted by molar-refractivity contribution is 7.89. The van der Waals surface area contributed by atoms with E-state index in [1.807, 2.05) is 0 Å². The van der Waals surface area contributed by atoms with E-state index in [4.69, 9.17) is 4.74 Å². The number of nitrogens with zero attached hydrogens (tertiary/aromatic N) is 2. The lowest BCUT2D eigenvalue weighted by molar-refractivity contribution is -0.386. The van der Waals surface area contributed by atoms with Crippen molar-refractivity contribution in [1.82, 2.24) is 4.31 Å². The fourth-order valence-corrected chi connectivity index (χ4v) is 4.53. The Labute approximate surface area is 165 Å². The SMILES string of the molecule is O=[N+]([O-])c1cc(S(=O)(=O)N2CCCC2)ccc1OCc1ccccc1OC(F)F. The van der Waals surface area contributed by atoms with Crippen LogP contribution in [0.15, 0.2) is 47.4 Å². The number of nitro benzene ring substituents is 1. The quantitative estimate of drug-likeness (QED) is 0.471. The molecule has 2 aromatic rings. The number of alkyl halides is 2. The van der Waals surface area contributed by atoms with Crippen LogP contribution in [-0.2, 0) is 16.6 Å². The summed E-state index contributed by atoms with van der Waals surface area (Å²) in [5, 5.41) is 11.4. The van der Waals surface area contributed by atoms with E-state index in [1.54, 1.807) is 6.07 Å². The average molecular weight is 428 g/mol. The molecule has 1 fully saturated rings. The van der Waals surface area contributed by atoms with Gasteiger partial charge in [-0.25, -0.2) is 8.42 Å². The minimum absolute atomic E-state index is 0.113. The van der Waals surface area contributed by atoms with Gasteiger partial charge >= 0.3 is 12.3 Å². The summed E-state index contributed by atoms with van der Waals surface area (Å²) in [6.45, 7) is -2.56. The summed E-state index contributed by atoms with van der Waals surface area (Å²) in [6.07, 6.45) is 1.48. The third kappa shape index (κ3) is 4.80. The summed E-state index contributed by atoms with van der Waals surface area (Å²) in [5.41, 5.74) is -0.270. The number of hydrogen-bond donors (Lipinski definition) is 0. The van der Waals surface area contributed by atoms with Gasteiger partial charge in [-0.3, -0.25) is 10.1 Å². The highest BCUT2D eigenvalue weighted by atomic mass is 32.2. The van der Waals surface area contributed by atoms with Gasteiger partial charge in [0.15, 0.2) is 5.75 Å². The van der Waals surface area contributed by atoms with Crippen molar-refractivity contribution < 1.29 is 31.6 Å². The molecule has 29 heavy (non-hydrogen) atoms. The zero-order valence-electron chi connectivity index (χ0n) is 15.2. The Morgan fingerprint density at radius 3 is 2.45 bits per heavy atom. The Kier molecular flexibility index (Phi) is 6.28. The van der Waals surface area contributed by atoms with Crippen LogP contribution in [0.1, 0.15) is 18.4 Å². The minimum atomic E-state index is -3.83. The summed E-state index contributed by atoms with van der Waals surface area (Å²) in [4.78, 5) is 10.5. The van der Waals surface area contributed by atoms with Crippen LogP contribution in [0.2, 0.25) is 0 Å². The Balaban J connectivity index is 1.85. The highest BCUT2D eigenvalue weighted by Gasteiger charge is 2.30. The first-order valence-corrected chi connectivity index (χ1v) is 10.2. The van der Waals surface area contributed by atoms with Gasteiger partial charge in [-0.2, -0.15) is 13.1 Å². The predicted octanol–water partition coefficient (Wildman–Crippen LogP) is 3.56. The van der Waals surface area contributed by atoms with Crippen LogP contribution in [0.25, 0.3) is 0 Å². The van der Waals surface area contributed by atoms with E-state index in [1.165, 1.54) is 34.6 Å². The Morgan fingerprint density at radius 1 is 1.10 bits per heavy atom. The molecule has 11 heteroatoms. The van der Waals surface area contributed by atoms with Crippen LogP contribution in [0.5, 0.6) is 11.5 Å². The van der Waals surface area contributed by atoms with E-state index < -0.39 is 27.2 Å². The average Bonchev–Trinajstić information content (AvgIpc) is 3.22. The van der Waals surface area contributed by atoms with E-state index >= 15 is 0 Å². The molecule has 0 radical (unpaired) electrons. The number of rotatable bonds is 8. The van der Waals surface area contributed by atoms with Crippen molar-refractivity contribution in [3.63, 3.8) is 0 Å². The lowest BCUT2D eigenvalue weighted by Gasteiger charge is -2.16. The third-order valence-corrected chi connectivity index (χ3v) is 6.30. The first kappa shape index (κ1) is 20.9. The van der Waals surface area contributed by atoms with Crippen LogP contribution < -0.4 is 9.47 Å². The second-order valence-corrected chi connectivity index (χ2v) is 8.21. The molecule has 1 saturated heterocycles. The Morgan fingerprint density at radius 2 is 1.79 bits per heavy atom.